The average molecular weight is 715 g/mol. The van der Waals surface area contributed by atoms with Gasteiger partial charge in [0.15, 0.2) is 6.10 Å². The molecule has 0 spiro atoms. The summed E-state index contributed by atoms with van der Waals surface area (Å²) in [6.45, 7) is 4.29. The smallest absolute Gasteiger partial charge is 0.462 e. The summed E-state index contributed by atoms with van der Waals surface area (Å²) in [5.74, 6) is -0.830. The Morgan fingerprint density at radius 3 is 1.63 bits per heavy atom. The topological polar surface area (TPSA) is 108 Å². The Bertz CT molecular complexity index is 944. The molecule has 0 rings (SSSR count). The van der Waals surface area contributed by atoms with E-state index in [-0.39, 0.29) is 32.0 Å². The highest BCUT2D eigenvalue weighted by molar-refractivity contribution is 7.47. The van der Waals surface area contributed by atoms with Gasteiger partial charge in [-0.15, -0.1) is 0 Å². The minimum absolute atomic E-state index is 0.0271. The number of esters is 2. The van der Waals surface area contributed by atoms with Gasteiger partial charge in [0.05, 0.1) is 27.7 Å². The number of hydrogen-bond acceptors (Lipinski definition) is 7. The molecule has 0 aliphatic carbocycles. The molecule has 0 radical (unpaired) electrons. The number of allylic oxidation sites excluding steroid dienone is 6. The summed E-state index contributed by atoms with van der Waals surface area (Å²) >= 11 is 0. The molecular weight excluding hydrogens is 641 g/mol. The first-order valence-corrected chi connectivity index (χ1v) is 20.7. The first kappa shape index (κ1) is 47.2. The number of phosphoric acid groups is 1. The summed E-state index contributed by atoms with van der Waals surface area (Å²) in [4.78, 5) is 35.1. The molecule has 9 nitrogen and oxygen atoms in total. The van der Waals surface area contributed by atoms with E-state index in [1.165, 1.54) is 32.1 Å². The normalized spacial score (nSPS) is 14.2. The highest BCUT2D eigenvalue weighted by atomic mass is 31.2. The average Bonchev–Trinajstić information content (AvgIpc) is 3.04. The molecule has 0 saturated heterocycles. The van der Waals surface area contributed by atoms with Gasteiger partial charge < -0.3 is 18.9 Å². The van der Waals surface area contributed by atoms with Gasteiger partial charge in [-0.2, -0.15) is 0 Å². The van der Waals surface area contributed by atoms with Crippen molar-refractivity contribution in [2.75, 3.05) is 47.5 Å². The molecule has 0 aromatic rings. The molecule has 1 unspecified atom stereocenters. The number of carbonyl (C=O) groups is 2. The van der Waals surface area contributed by atoms with Gasteiger partial charge in [0.2, 0.25) is 0 Å². The zero-order valence-corrected chi connectivity index (χ0v) is 32.8. The summed E-state index contributed by atoms with van der Waals surface area (Å²) in [5, 5.41) is 0. The van der Waals surface area contributed by atoms with Crippen LogP contribution in [0.15, 0.2) is 36.5 Å². The maximum absolute atomic E-state index is 12.6. The van der Waals surface area contributed by atoms with E-state index in [2.05, 4.69) is 50.3 Å². The van der Waals surface area contributed by atoms with Crippen LogP contribution in [-0.2, 0) is 32.7 Å². The van der Waals surface area contributed by atoms with Crippen molar-refractivity contribution >= 4 is 19.8 Å². The van der Waals surface area contributed by atoms with Crippen molar-refractivity contribution in [1.82, 2.24) is 0 Å². The lowest BCUT2D eigenvalue weighted by Gasteiger charge is -2.24. The predicted octanol–water partition coefficient (Wildman–Crippen LogP) is 10.2. The van der Waals surface area contributed by atoms with Gasteiger partial charge in [-0.3, -0.25) is 18.6 Å². The second kappa shape index (κ2) is 32.2. The quantitative estimate of drug-likeness (QED) is 0.0231. The molecule has 1 N–H and O–H groups in total. The summed E-state index contributed by atoms with van der Waals surface area (Å²) < 4.78 is 34.1. The van der Waals surface area contributed by atoms with Gasteiger partial charge >= 0.3 is 19.8 Å². The third-order valence-corrected chi connectivity index (χ3v) is 8.88. The van der Waals surface area contributed by atoms with Crippen molar-refractivity contribution in [3.05, 3.63) is 36.5 Å². The molecule has 49 heavy (non-hydrogen) atoms. The van der Waals surface area contributed by atoms with E-state index in [1.807, 2.05) is 21.1 Å². The van der Waals surface area contributed by atoms with Crippen LogP contribution in [0.4, 0.5) is 0 Å². The van der Waals surface area contributed by atoms with Crippen LogP contribution < -0.4 is 0 Å². The second-order valence-electron chi connectivity index (χ2n) is 14.0. The zero-order valence-electron chi connectivity index (χ0n) is 31.9. The van der Waals surface area contributed by atoms with Crippen molar-refractivity contribution in [2.24, 2.45) is 0 Å². The molecule has 0 aromatic heterocycles. The zero-order chi connectivity index (χ0) is 36.5. The van der Waals surface area contributed by atoms with Crippen molar-refractivity contribution < 1.29 is 42.1 Å². The Hall–Kier alpha value is -1.77. The van der Waals surface area contributed by atoms with E-state index < -0.39 is 26.5 Å². The number of nitrogens with zero attached hydrogens (tertiary/aromatic N) is 1. The lowest BCUT2D eigenvalue weighted by Crippen LogP contribution is -2.37. The minimum Gasteiger partial charge on any atom is -0.462 e. The Kier molecular flexibility index (Phi) is 31.0. The van der Waals surface area contributed by atoms with Gasteiger partial charge in [0.25, 0.3) is 0 Å². The summed E-state index contributed by atoms with van der Waals surface area (Å²) in [7, 11) is 1.46. The number of ether oxygens (including phenoxy) is 2. The molecular formula is C39H73NO8P+. The lowest BCUT2D eigenvalue weighted by molar-refractivity contribution is -0.870. The molecule has 0 bridgehead atoms. The van der Waals surface area contributed by atoms with E-state index in [9.17, 15) is 19.0 Å². The van der Waals surface area contributed by atoms with Crippen molar-refractivity contribution in [1.29, 1.82) is 0 Å². The number of phosphoric ester groups is 1. The summed E-state index contributed by atoms with van der Waals surface area (Å²) in [6, 6.07) is 0. The third-order valence-electron chi connectivity index (χ3n) is 7.89. The Balaban J connectivity index is 4.47. The molecule has 0 amide bonds. The molecule has 0 fully saturated rings. The van der Waals surface area contributed by atoms with E-state index in [0.717, 1.165) is 83.5 Å². The van der Waals surface area contributed by atoms with E-state index in [1.54, 1.807) is 0 Å². The Morgan fingerprint density at radius 1 is 0.633 bits per heavy atom. The molecule has 0 aromatic carbocycles. The number of unbranched alkanes of at least 4 members (excludes halogenated alkanes) is 14. The van der Waals surface area contributed by atoms with Crippen LogP contribution in [0.25, 0.3) is 0 Å². The monoisotopic (exact) mass is 715 g/mol. The number of rotatable bonds is 34. The fraction of sp³-hybridized carbons (Fsp3) is 0.795. The molecule has 2 atom stereocenters. The fourth-order valence-corrected chi connectivity index (χ4v) is 5.52. The molecule has 0 aliphatic heterocycles. The number of hydrogen-bond donors (Lipinski definition) is 1. The molecule has 10 heteroatoms. The third kappa shape index (κ3) is 35.8. The first-order chi connectivity index (χ1) is 23.5. The van der Waals surface area contributed by atoms with Gasteiger partial charge in [0.1, 0.15) is 19.8 Å². The molecule has 0 saturated carbocycles. The number of carbonyl (C=O) groups excluding carboxylic acids is 2. The van der Waals surface area contributed by atoms with Crippen LogP contribution in [0.5, 0.6) is 0 Å². The van der Waals surface area contributed by atoms with Crippen LogP contribution >= 0.6 is 7.82 Å². The van der Waals surface area contributed by atoms with Crippen LogP contribution in [0.1, 0.15) is 149 Å². The van der Waals surface area contributed by atoms with Crippen LogP contribution in [-0.4, -0.2) is 74.9 Å². The van der Waals surface area contributed by atoms with Gasteiger partial charge in [0, 0.05) is 12.8 Å². The Labute approximate surface area is 300 Å². The number of quaternary nitrogens is 1. The van der Waals surface area contributed by atoms with Gasteiger partial charge in [-0.25, -0.2) is 4.57 Å². The lowest BCUT2D eigenvalue weighted by atomic mass is 10.1. The molecule has 286 valence electrons. The standard InChI is InChI=1S/C39H72NO8P/c1-6-8-10-12-14-16-18-19-20-22-23-25-27-29-31-38(41)45-35-37(36-47-49(43,44)46-34-33-40(3,4)5)48-39(42)32-30-28-26-24-21-17-15-13-11-9-7-2/h12-15,18-19,37H,6-11,16-17,20-36H2,1-5H3/p+1/b14-12+,15-13+,19-18+/t37-/m1/s1. The predicted molar refractivity (Wildman–Crippen MR) is 201 cm³/mol. The van der Waals surface area contributed by atoms with Crippen molar-refractivity contribution in [3.8, 4) is 0 Å². The van der Waals surface area contributed by atoms with Crippen LogP contribution in [0.3, 0.4) is 0 Å². The minimum atomic E-state index is -4.37. The fourth-order valence-electron chi connectivity index (χ4n) is 4.77. The summed E-state index contributed by atoms with van der Waals surface area (Å²) in [5.41, 5.74) is 0. The van der Waals surface area contributed by atoms with Gasteiger partial charge in [-0.1, -0.05) is 115 Å². The first-order valence-electron chi connectivity index (χ1n) is 19.2. The molecule has 0 aliphatic rings. The van der Waals surface area contributed by atoms with Crippen LogP contribution in [0.2, 0.25) is 0 Å². The van der Waals surface area contributed by atoms with E-state index in [0.29, 0.717) is 17.4 Å². The second-order valence-corrected chi connectivity index (χ2v) is 15.4. The SMILES string of the molecule is CCCC/C=C/C/C=C/CCCCCCCC(=O)OC[C@H](COP(=O)(O)OCC[N+](C)(C)C)OC(=O)CCCCCCC/C=C/CCCC. The van der Waals surface area contributed by atoms with Crippen molar-refractivity contribution in [3.63, 3.8) is 0 Å². The maximum Gasteiger partial charge on any atom is 0.472 e. The van der Waals surface area contributed by atoms with E-state index in [4.69, 9.17) is 18.5 Å². The number of likely N-dealkylation sites (N-methyl/N-ethyl adjacent to an activating group) is 1. The van der Waals surface area contributed by atoms with Gasteiger partial charge in [-0.05, 0) is 57.8 Å². The van der Waals surface area contributed by atoms with Crippen molar-refractivity contribution in [2.45, 2.75) is 155 Å². The highest BCUT2D eigenvalue weighted by Crippen LogP contribution is 2.43. The van der Waals surface area contributed by atoms with Crippen LogP contribution in [0, 0.1) is 0 Å². The largest absolute Gasteiger partial charge is 0.472 e. The summed E-state index contributed by atoms with van der Waals surface area (Å²) in [6.07, 6.45) is 33.3. The molecule has 0 heterocycles. The van der Waals surface area contributed by atoms with E-state index >= 15 is 0 Å². The maximum atomic E-state index is 12.6. The Morgan fingerprint density at radius 2 is 1.10 bits per heavy atom. The highest BCUT2D eigenvalue weighted by Gasteiger charge is 2.27.